The lowest BCUT2D eigenvalue weighted by molar-refractivity contribution is -0.129. The predicted molar refractivity (Wildman–Crippen MR) is 135 cm³/mol. The average Bonchev–Trinajstić information content (AvgIpc) is 3.10. The fraction of sp³-hybridized carbons (Fsp3) is 0.0435. The Balaban J connectivity index is 1.53. The van der Waals surface area contributed by atoms with Gasteiger partial charge in [-0.2, -0.15) is 0 Å². The lowest BCUT2D eigenvalue weighted by Crippen LogP contribution is -2.06. The fourth-order valence-electron chi connectivity index (χ4n) is 2.79. The summed E-state index contributed by atoms with van der Waals surface area (Å²) in [4.78, 5) is 16.6. The standard InChI is InChI=1S/C23H14ClI2NO3/c24-20-9-8-17(26)12-19(20)22-27-21(23(28)30-22)11-15-2-1-3-18(10-15)29-13-14-4-6-16(25)7-5-14/h1-12H,13H2/b21-11-. The van der Waals surface area contributed by atoms with Gasteiger partial charge >= 0.3 is 5.97 Å². The van der Waals surface area contributed by atoms with Crippen LogP contribution in [0, 0.1) is 7.14 Å². The summed E-state index contributed by atoms with van der Waals surface area (Å²) >= 11 is 10.7. The molecule has 0 unspecified atom stereocenters. The SMILES string of the molecule is O=C1OC(c2cc(I)ccc2Cl)=N/C1=C\c1cccc(OCc2ccc(I)cc2)c1. The minimum atomic E-state index is -0.509. The van der Waals surface area contributed by atoms with Crippen LogP contribution in [-0.2, 0) is 16.1 Å². The van der Waals surface area contributed by atoms with Gasteiger partial charge in [0.15, 0.2) is 5.70 Å². The van der Waals surface area contributed by atoms with E-state index in [0.717, 1.165) is 14.7 Å². The van der Waals surface area contributed by atoms with Crippen LogP contribution in [0.1, 0.15) is 16.7 Å². The van der Waals surface area contributed by atoms with Crippen LogP contribution < -0.4 is 4.74 Å². The lowest BCUT2D eigenvalue weighted by atomic mass is 10.2. The van der Waals surface area contributed by atoms with Crippen LogP contribution in [-0.4, -0.2) is 11.9 Å². The van der Waals surface area contributed by atoms with Crippen molar-refractivity contribution in [2.45, 2.75) is 6.61 Å². The van der Waals surface area contributed by atoms with E-state index in [4.69, 9.17) is 21.1 Å². The molecule has 3 aromatic carbocycles. The van der Waals surface area contributed by atoms with Gasteiger partial charge in [-0.1, -0.05) is 35.9 Å². The molecule has 0 N–H and O–H groups in total. The minimum absolute atomic E-state index is 0.209. The van der Waals surface area contributed by atoms with Crippen LogP contribution in [0.5, 0.6) is 5.75 Å². The van der Waals surface area contributed by atoms with Crippen LogP contribution in [0.15, 0.2) is 77.4 Å². The summed E-state index contributed by atoms with van der Waals surface area (Å²) in [6.45, 7) is 0.465. The number of cyclic esters (lactones) is 1. The van der Waals surface area contributed by atoms with E-state index in [2.05, 4.69) is 50.2 Å². The maximum Gasteiger partial charge on any atom is 0.363 e. The van der Waals surface area contributed by atoms with Crippen molar-refractivity contribution in [1.82, 2.24) is 0 Å². The molecule has 150 valence electrons. The molecule has 4 rings (SSSR count). The topological polar surface area (TPSA) is 47.9 Å². The molecule has 0 amide bonds. The van der Waals surface area contributed by atoms with Crippen molar-refractivity contribution < 1.29 is 14.3 Å². The van der Waals surface area contributed by atoms with Gasteiger partial charge < -0.3 is 9.47 Å². The molecule has 0 aliphatic carbocycles. The lowest BCUT2D eigenvalue weighted by Gasteiger charge is -2.07. The highest BCUT2D eigenvalue weighted by molar-refractivity contribution is 14.1. The number of benzene rings is 3. The Morgan fingerprint density at radius 2 is 1.77 bits per heavy atom. The van der Waals surface area contributed by atoms with Gasteiger partial charge in [0.25, 0.3) is 0 Å². The van der Waals surface area contributed by atoms with E-state index < -0.39 is 5.97 Å². The van der Waals surface area contributed by atoms with E-state index in [1.165, 1.54) is 3.57 Å². The Hall–Kier alpha value is -1.91. The third-order valence-corrected chi connectivity index (χ3v) is 5.98. The monoisotopic (exact) mass is 641 g/mol. The second-order valence-corrected chi connectivity index (χ2v) is 9.35. The van der Waals surface area contributed by atoms with E-state index in [-0.39, 0.29) is 11.6 Å². The summed E-state index contributed by atoms with van der Waals surface area (Å²) < 4.78 is 13.4. The summed E-state index contributed by atoms with van der Waals surface area (Å²) in [7, 11) is 0. The average molecular weight is 642 g/mol. The van der Waals surface area contributed by atoms with Crippen molar-refractivity contribution >= 4 is 74.7 Å². The quantitative estimate of drug-likeness (QED) is 0.182. The zero-order valence-corrected chi connectivity index (χ0v) is 20.5. The maximum absolute atomic E-state index is 12.3. The zero-order valence-electron chi connectivity index (χ0n) is 15.4. The molecular formula is C23H14ClI2NO3. The van der Waals surface area contributed by atoms with E-state index in [0.29, 0.717) is 22.9 Å². The van der Waals surface area contributed by atoms with Crippen LogP contribution >= 0.6 is 56.8 Å². The van der Waals surface area contributed by atoms with Crippen molar-refractivity contribution in [3.63, 3.8) is 0 Å². The molecule has 1 heterocycles. The molecule has 0 bridgehead atoms. The number of carbonyl (C=O) groups is 1. The normalized spacial score (nSPS) is 14.6. The summed E-state index contributed by atoms with van der Waals surface area (Å²) in [5.74, 6) is 0.408. The highest BCUT2D eigenvalue weighted by Crippen LogP contribution is 2.26. The third kappa shape index (κ3) is 5.22. The molecule has 3 aromatic rings. The van der Waals surface area contributed by atoms with Gasteiger partial charge in [-0.15, -0.1) is 0 Å². The highest BCUT2D eigenvalue weighted by atomic mass is 127. The van der Waals surface area contributed by atoms with E-state index in [9.17, 15) is 4.79 Å². The van der Waals surface area contributed by atoms with Crippen LogP contribution in [0.2, 0.25) is 5.02 Å². The fourth-order valence-corrected chi connectivity index (χ4v) is 3.83. The molecule has 0 saturated heterocycles. The summed E-state index contributed by atoms with van der Waals surface area (Å²) in [6.07, 6.45) is 1.68. The summed E-state index contributed by atoms with van der Waals surface area (Å²) in [5.41, 5.74) is 2.69. The highest BCUT2D eigenvalue weighted by Gasteiger charge is 2.25. The number of aliphatic imine (C=N–C) groups is 1. The molecule has 0 radical (unpaired) electrons. The molecule has 7 heteroatoms. The predicted octanol–water partition coefficient (Wildman–Crippen LogP) is 6.47. The third-order valence-electron chi connectivity index (χ3n) is 4.26. The minimum Gasteiger partial charge on any atom is -0.489 e. The van der Waals surface area contributed by atoms with Crippen molar-refractivity contribution in [2.75, 3.05) is 0 Å². The number of hydrogen-bond donors (Lipinski definition) is 0. The van der Waals surface area contributed by atoms with Gasteiger partial charge in [0, 0.05) is 7.14 Å². The van der Waals surface area contributed by atoms with Gasteiger partial charge in [-0.25, -0.2) is 9.79 Å². The molecule has 1 aliphatic rings. The van der Waals surface area contributed by atoms with Crippen LogP contribution in [0.3, 0.4) is 0 Å². The number of nitrogens with zero attached hydrogens (tertiary/aromatic N) is 1. The molecule has 1 aliphatic heterocycles. The van der Waals surface area contributed by atoms with Gasteiger partial charge in [0.2, 0.25) is 5.90 Å². The van der Waals surface area contributed by atoms with Gasteiger partial charge in [-0.3, -0.25) is 0 Å². The second-order valence-electron chi connectivity index (χ2n) is 6.45. The number of rotatable bonds is 5. The first-order valence-corrected chi connectivity index (χ1v) is 11.5. The Labute approximate surface area is 206 Å². The van der Waals surface area contributed by atoms with Crippen molar-refractivity contribution in [3.8, 4) is 5.75 Å². The Bertz CT molecular complexity index is 1170. The Kier molecular flexibility index (Phi) is 6.74. The number of halogens is 3. The first-order valence-electron chi connectivity index (χ1n) is 8.93. The maximum atomic E-state index is 12.3. The zero-order chi connectivity index (χ0) is 21.1. The Morgan fingerprint density at radius 3 is 2.57 bits per heavy atom. The summed E-state index contributed by atoms with van der Waals surface area (Å²) in [5, 5.41) is 0.481. The van der Waals surface area contributed by atoms with Gasteiger partial charge in [-0.05, 0) is 105 Å². The number of carbonyl (C=O) groups excluding carboxylic acids is 1. The number of hydrogen-bond acceptors (Lipinski definition) is 4. The molecule has 0 spiro atoms. The van der Waals surface area contributed by atoms with E-state index >= 15 is 0 Å². The summed E-state index contributed by atoms with van der Waals surface area (Å²) in [6, 6.07) is 21.1. The van der Waals surface area contributed by atoms with E-state index in [1.807, 2.05) is 60.7 Å². The van der Waals surface area contributed by atoms with E-state index in [1.54, 1.807) is 12.1 Å². The van der Waals surface area contributed by atoms with Gasteiger partial charge in [0.05, 0.1) is 10.6 Å². The molecule has 4 nitrogen and oxygen atoms in total. The van der Waals surface area contributed by atoms with Crippen LogP contribution in [0.25, 0.3) is 6.08 Å². The van der Waals surface area contributed by atoms with Crippen molar-refractivity contribution in [1.29, 1.82) is 0 Å². The molecule has 0 saturated carbocycles. The Morgan fingerprint density at radius 1 is 1.00 bits per heavy atom. The largest absolute Gasteiger partial charge is 0.489 e. The van der Waals surface area contributed by atoms with Gasteiger partial charge in [0.1, 0.15) is 12.4 Å². The van der Waals surface area contributed by atoms with Crippen LogP contribution in [0.4, 0.5) is 0 Å². The molecule has 0 atom stereocenters. The first kappa shape index (κ1) is 21.3. The number of esters is 1. The van der Waals surface area contributed by atoms with Crippen molar-refractivity contribution in [3.05, 3.63) is 101 Å². The number of ether oxygens (including phenoxy) is 2. The molecule has 0 fully saturated rings. The molecular weight excluding hydrogens is 628 g/mol. The smallest absolute Gasteiger partial charge is 0.363 e. The van der Waals surface area contributed by atoms with Crippen molar-refractivity contribution in [2.24, 2.45) is 4.99 Å². The molecule has 0 aromatic heterocycles. The molecule has 30 heavy (non-hydrogen) atoms. The first-order chi connectivity index (χ1) is 14.5. The second kappa shape index (κ2) is 9.49.